The van der Waals surface area contributed by atoms with Gasteiger partial charge in [0.15, 0.2) is 5.88 Å². The van der Waals surface area contributed by atoms with Crippen molar-refractivity contribution in [2.24, 2.45) is 5.73 Å². The second kappa shape index (κ2) is 5.19. The van der Waals surface area contributed by atoms with E-state index in [1.54, 1.807) is 4.90 Å². The molecule has 1 fully saturated rings. The molecule has 0 bridgehead atoms. The number of hydrogen-bond acceptors (Lipinski definition) is 5. The molecule has 1 atom stereocenters. The average molecular weight is 253 g/mol. The third-order valence-corrected chi connectivity index (χ3v) is 2.77. The summed E-state index contributed by atoms with van der Waals surface area (Å²) in [5, 5.41) is 9.27. The summed E-state index contributed by atoms with van der Waals surface area (Å²) in [6.45, 7) is 1.60. The zero-order chi connectivity index (χ0) is 13.1. The summed E-state index contributed by atoms with van der Waals surface area (Å²) in [4.78, 5) is 27.1. The lowest BCUT2D eigenvalue weighted by molar-refractivity contribution is -0.0167. The van der Waals surface area contributed by atoms with Crippen molar-refractivity contribution in [3.63, 3.8) is 0 Å². The summed E-state index contributed by atoms with van der Waals surface area (Å²) in [6, 6.07) is 2.39. The molecule has 2 rings (SSSR count). The van der Waals surface area contributed by atoms with Gasteiger partial charge in [0, 0.05) is 31.8 Å². The fourth-order valence-electron chi connectivity index (χ4n) is 1.88. The van der Waals surface area contributed by atoms with Crippen molar-refractivity contribution in [3.8, 4) is 5.88 Å². The van der Waals surface area contributed by atoms with E-state index in [-0.39, 0.29) is 23.5 Å². The molecule has 4 N–H and O–H groups in total. The maximum Gasteiger partial charge on any atom is 0.254 e. The molecule has 7 nitrogen and oxygen atoms in total. The van der Waals surface area contributed by atoms with Crippen LogP contribution in [0.2, 0.25) is 0 Å². The average Bonchev–Trinajstić information content (AvgIpc) is 2.37. The second-order valence-electron chi connectivity index (χ2n) is 4.10. The van der Waals surface area contributed by atoms with Crippen molar-refractivity contribution in [2.45, 2.75) is 6.10 Å². The van der Waals surface area contributed by atoms with Crippen LogP contribution in [0.1, 0.15) is 10.4 Å². The van der Waals surface area contributed by atoms with E-state index in [0.717, 1.165) is 6.07 Å². The Labute approximate surface area is 103 Å². The van der Waals surface area contributed by atoms with Gasteiger partial charge in [-0.25, -0.2) is 0 Å². The Kier molecular flexibility index (Phi) is 3.63. The summed E-state index contributed by atoms with van der Waals surface area (Å²) in [7, 11) is 0. The third kappa shape index (κ3) is 2.69. The standard InChI is InChI=1S/C11H15N3O4/c12-5-8-6-14(1-2-18-8)11(17)7-3-9(15)13-10(16)4-7/h3-4,8H,1-2,5-6,12H2,(H2,13,15,16). The van der Waals surface area contributed by atoms with Gasteiger partial charge in [0.1, 0.15) is 0 Å². The van der Waals surface area contributed by atoms with Crippen LogP contribution in [0.3, 0.4) is 0 Å². The van der Waals surface area contributed by atoms with E-state index < -0.39 is 5.56 Å². The minimum absolute atomic E-state index is 0.161. The molecule has 1 amide bonds. The maximum absolute atomic E-state index is 12.1. The SMILES string of the molecule is NCC1CN(C(=O)c2cc(O)[nH]c(=O)c2)CCO1. The van der Waals surface area contributed by atoms with E-state index in [9.17, 15) is 14.7 Å². The molecule has 1 aromatic rings. The summed E-state index contributed by atoms with van der Waals surface area (Å²) in [6.07, 6.45) is -0.182. The van der Waals surface area contributed by atoms with Crippen LogP contribution in [0.4, 0.5) is 0 Å². The van der Waals surface area contributed by atoms with Gasteiger partial charge in [-0.05, 0) is 0 Å². The molecule has 2 heterocycles. The molecule has 0 radical (unpaired) electrons. The Balaban J connectivity index is 2.17. The van der Waals surface area contributed by atoms with Gasteiger partial charge in [0.25, 0.3) is 11.5 Å². The number of hydrogen-bond donors (Lipinski definition) is 3. The molecular weight excluding hydrogens is 238 g/mol. The summed E-state index contributed by atoms with van der Waals surface area (Å²) < 4.78 is 5.35. The molecule has 0 saturated carbocycles. The number of carbonyl (C=O) groups is 1. The number of carbonyl (C=O) groups excluding carboxylic acids is 1. The fourth-order valence-corrected chi connectivity index (χ4v) is 1.88. The quantitative estimate of drug-likeness (QED) is 0.618. The van der Waals surface area contributed by atoms with Gasteiger partial charge in [-0.2, -0.15) is 0 Å². The first-order valence-corrected chi connectivity index (χ1v) is 5.64. The lowest BCUT2D eigenvalue weighted by atomic mass is 10.2. The van der Waals surface area contributed by atoms with Gasteiger partial charge in [-0.15, -0.1) is 0 Å². The smallest absolute Gasteiger partial charge is 0.254 e. The number of nitrogens with zero attached hydrogens (tertiary/aromatic N) is 1. The van der Waals surface area contributed by atoms with E-state index in [2.05, 4.69) is 4.98 Å². The largest absolute Gasteiger partial charge is 0.494 e. The molecule has 18 heavy (non-hydrogen) atoms. The minimum Gasteiger partial charge on any atom is -0.494 e. The number of H-pyrrole nitrogens is 1. The van der Waals surface area contributed by atoms with Crippen LogP contribution in [-0.2, 0) is 4.74 Å². The molecule has 98 valence electrons. The first-order valence-electron chi connectivity index (χ1n) is 5.64. The number of morpholine rings is 1. The molecule has 1 aliphatic rings. The topological polar surface area (TPSA) is 109 Å². The predicted octanol–water partition coefficient (Wildman–Crippen LogP) is -1.12. The van der Waals surface area contributed by atoms with Crippen molar-refractivity contribution < 1.29 is 14.6 Å². The van der Waals surface area contributed by atoms with Crippen molar-refractivity contribution in [2.75, 3.05) is 26.2 Å². The highest BCUT2D eigenvalue weighted by molar-refractivity contribution is 5.94. The summed E-state index contributed by atoms with van der Waals surface area (Å²) in [5.74, 6) is -0.632. The number of aromatic hydroxyl groups is 1. The summed E-state index contributed by atoms with van der Waals surface area (Å²) >= 11 is 0. The van der Waals surface area contributed by atoms with Crippen LogP contribution in [0, 0.1) is 0 Å². The van der Waals surface area contributed by atoms with Crippen LogP contribution in [0.25, 0.3) is 0 Å². The predicted molar refractivity (Wildman–Crippen MR) is 63.4 cm³/mol. The highest BCUT2D eigenvalue weighted by Crippen LogP contribution is 2.11. The normalized spacial score (nSPS) is 19.8. The first-order chi connectivity index (χ1) is 8.60. The van der Waals surface area contributed by atoms with E-state index in [1.165, 1.54) is 6.07 Å². The molecule has 0 aliphatic carbocycles. The molecule has 0 spiro atoms. The zero-order valence-electron chi connectivity index (χ0n) is 9.76. The molecule has 7 heteroatoms. The highest BCUT2D eigenvalue weighted by Gasteiger charge is 2.24. The van der Waals surface area contributed by atoms with Crippen LogP contribution >= 0.6 is 0 Å². The van der Waals surface area contributed by atoms with Crippen LogP contribution in [0.15, 0.2) is 16.9 Å². The number of nitrogens with two attached hydrogens (primary N) is 1. The number of ether oxygens (including phenoxy) is 1. The molecule has 0 aromatic carbocycles. The van der Waals surface area contributed by atoms with Gasteiger partial charge >= 0.3 is 0 Å². The van der Waals surface area contributed by atoms with Crippen LogP contribution < -0.4 is 11.3 Å². The lowest BCUT2D eigenvalue weighted by Gasteiger charge is -2.32. The molecule has 1 aliphatic heterocycles. The highest BCUT2D eigenvalue weighted by atomic mass is 16.5. The maximum atomic E-state index is 12.1. The zero-order valence-corrected chi connectivity index (χ0v) is 9.76. The molecular formula is C11H15N3O4. The third-order valence-electron chi connectivity index (χ3n) is 2.77. The van der Waals surface area contributed by atoms with E-state index in [1.807, 2.05) is 0 Å². The summed E-state index contributed by atoms with van der Waals surface area (Å²) in [5.41, 5.74) is 5.14. The number of aromatic amines is 1. The number of pyridine rings is 1. The number of amides is 1. The number of nitrogens with one attached hydrogen (secondary N) is 1. The minimum atomic E-state index is -0.512. The Morgan fingerprint density at radius 1 is 1.61 bits per heavy atom. The van der Waals surface area contributed by atoms with Crippen molar-refractivity contribution in [1.29, 1.82) is 0 Å². The molecule has 1 aromatic heterocycles. The lowest BCUT2D eigenvalue weighted by Crippen LogP contribution is -2.48. The second-order valence-corrected chi connectivity index (χ2v) is 4.10. The van der Waals surface area contributed by atoms with Crippen LogP contribution in [0.5, 0.6) is 5.88 Å². The Bertz CT molecular complexity index is 499. The van der Waals surface area contributed by atoms with E-state index >= 15 is 0 Å². The van der Waals surface area contributed by atoms with E-state index in [0.29, 0.717) is 26.2 Å². The first kappa shape index (κ1) is 12.6. The van der Waals surface area contributed by atoms with Gasteiger partial charge < -0.3 is 20.5 Å². The van der Waals surface area contributed by atoms with E-state index in [4.69, 9.17) is 10.5 Å². The van der Waals surface area contributed by atoms with Crippen LogP contribution in [-0.4, -0.2) is 53.2 Å². The fraction of sp³-hybridized carbons (Fsp3) is 0.455. The molecule has 1 unspecified atom stereocenters. The van der Waals surface area contributed by atoms with Crippen molar-refractivity contribution >= 4 is 5.91 Å². The number of rotatable bonds is 2. The Morgan fingerprint density at radius 3 is 3.06 bits per heavy atom. The monoisotopic (exact) mass is 253 g/mol. The number of aromatic nitrogens is 1. The Morgan fingerprint density at radius 2 is 2.39 bits per heavy atom. The van der Waals surface area contributed by atoms with Gasteiger partial charge in [-0.3, -0.25) is 14.6 Å². The van der Waals surface area contributed by atoms with Crippen molar-refractivity contribution in [3.05, 3.63) is 28.0 Å². The van der Waals surface area contributed by atoms with Crippen molar-refractivity contribution in [1.82, 2.24) is 9.88 Å². The van der Waals surface area contributed by atoms with Gasteiger partial charge in [0.2, 0.25) is 0 Å². The van der Waals surface area contributed by atoms with Gasteiger partial charge in [-0.1, -0.05) is 0 Å². The Hall–Kier alpha value is -1.86. The van der Waals surface area contributed by atoms with Gasteiger partial charge in [0.05, 0.1) is 18.3 Å². The molecule has 1 saturated heterocycles.